The number of anilines is 1. The van der Waals surface area contributed by atoms with Crippen LogP contribution in [0.3, 0.4) is 0 Å². The molecule has 0 fully saturated rings. The van der Waals surface area contributed by atoms with Crippen molar-refractivity contribution < 1.29 is 19.1 Å². The van der Waals surface area contributed by atoms with E-state index in [0.29, 0.717) is 12.8 Å². The van der Waals surface area contributed by atoms with Crippen LogP contribution in [0.1, 0.15) is 53.0 Å². The number of benzene rings is 1. The van der Waals surface area contributed by atoms with E-state index in [-0.39, 0.29) is 18.2 Å². The summed E-state index contributed by atoms with van der Waals surface area (Å²) < 4.78 is 5.23. The molecule has 3 N–H and O–H groups in total. The number of hydrogen-bond donors (Lipinski definition) is 3. The lowest BCUT2D eigenvalue weighted by atomic mass is 9.99. The van der Waals surface area contributed by atoms with E-state index in [2.05, 4.69) is 16.0 Å². The van der Waals surface area contributed by atoms with Gasteiger partial charge in [0.25, 0.3) is 0 Å². The predicted octanol–water partition coefficient (Wildman–Crippen LogP) is 2.75. The second-order valence-corrected chi connectivity index (χ2v) is 8.49. The van der Waals surface area contributed by atoms with Crippen molar-refractivity contribution in [2.24, 2.45) is 0 Å². The number of carbonyl (C=O) groups excluding carboxylic acids is 3. The summed E-state index contributed by atoms with van der Waals surface area (Å²) in [5, 5.41) is 8.33. The molecule has 148 valence electrons. The van der Waals surface area contributed by atoms with Crippen molar-refractivity contribution in [2.75, 3.05) is 5.32 Å². The number of alkyl carbamates (subject to hydrolysis) is 1. The lowest BCUT2D eigenvalue weighted by molar-refractivity contribution is -0.127. The van der Waals surface area contributed by atoms with Gasteiger partial charge >= 0.3 is 6.09 Å². The van der Waals surface area contributed by atoms with E-state index in [1.807, 2.05) is 24.3 Å². The molecule has 2 rings (SSSR count). The van der Waals surface area contributed by atoms with Gasteiger partial charge in [-0.3, -0.25) is 9.59 Å². The Bertz CT molecular complexity index is 722. The molecule has 0 bridgehead atoms. The molecule has 3 amide bonds. The first-order valence-corrected chi connectivity index (χ1v) is 9.14. The largest absolute Gasteiger partial charge is 0.444 e. The fourth-order valence-corrected chi connectivity index (χ4v) is 2.92. The van der Waals surface area contributed by atoms with E-state index in [1.54, 1.807) is 34.6 Å². The van der Waals surface area contributed by atoms with Crippen LogP contribution in [0.15, 0.2) is 24.3 Å². The van der Waals surface area contributed by atoms with Crippen LogP contribution in [0.2, 0.25) is 0 Å². The van der Waals surface area contributed by atoms with Crippen LogP contribution in [0.5, 0.6) is 0 Å². The number of rotatable bonds is 4. The highest BCUT2D eigenvalue weighted by molar-refractivity contribution is 5.98. The van der Waals surface area contributed by atoms with E-state index in [4.69, 9.17) is 4.74 Å². The van der Waals surface area contributed by atoms with Crippen molar-refractivity contribution in [3.05, 3.63) is 29.8 Å². The molecule has 1 aromatic carbocycles. The van der Waals surface area contributed by atoms with Gasteiger partial charge < -0.3 is 20.7 Å². The minimum absolute atomic E-state index is 0.0307. The molecule has 0 saturated carbocycles. The Balaban J connectivity index is 1.91. The lowest BCUT2D eigenvalue weighted by Crippen LogP contribution is -2.51. The third kappa shape index (κ3) is 6.58. The van der Waals surface area contributed by atoms with Gasteiger partial charge in [-0.15, -0.1) is 0 Å². The minimum atomic E-state index is -0.809. The number of amides is 3. The van der Waals surface area contributed by atoms with Crippen molar-refractivity contribution >= 4 is 23.6 Å². The first-order valence-electron chi connectivity index (χ1n) is 9.14. The Morgan fingerprint density at radius 3 is 2.52 bits per heavy atom. The van der Waals surface area contributed by atoms with Gasteiger partial charge in [-0.25, -0.2) is 4.79 Å². The second kappa shape index (κ2) is 7.98. The van der Waals surface area contributed by atoms with E-state index in [1.165, 1.54) is 0 Å². The van der Waals surface area contributed by atoms with Gasteiger partial charge in [0.15, 0.2) is 0 Å². The molecular formula is C20H29N3O4. The molecular weight excluding hydrogens is 346 g/mol. The quantitative estimate of drug-likeness (QED) is 0.754. The molecule has 0 spiro atoms. The molecule has 0 radical (unpaired) electrons. The van der Waals surface area contributed by atoms with E-state index < -0.39 is 23.3 Å². The summed E-state index contributed by atoms with van der Waals surface area (Å²) in [6.07, 6.45) is 0.666. The average molecular weight is 375 g/mol. The molecule has 1 aliphatic heterocycles. The molecule has 1 aliphatic rings. The maximum Gasteiger partial charge on any atom is 0.408 e. The minimum Gasteiger partial charge on any atom is -0.444 e. The number of hydrogen-bond acceptors (Lipinski definition) is 4. The summed E-state index contributed by atoms with van der Waals surface area (Å²) in [7, 11) is 0. The molecule has 7 nitrogen and oxygen atoms in total. The SMILES string of the molecule is CC(C)(CC(=O)N[C@H]1CCc2ccccc2NC1=O)NC(=O)OC(C)(C)C. The Kier molecular flexibility index (Phi) is 6.13. The van der Waals surface area contributed by atoms with E-state index in [0.717, 1.165) is 11.3 Å². The Labute approximate surface area is 160 Å². The maximum atomic E-state index is 12.4. The summed E-state index contributed by atoms with van der Waals surface area (Å²) in [5.41, 5.74) is 0.410. The molecule has 1 aromatic rings. The standard InChI is InChI=1S/C20H29N3O4/c1-19(2,3)27-18(26)23-20(4,5)12-16(24)21-15-11-10-13-8-6-7-9-14(13)22-17(15)25/h6-9,15H,10-12H2,1-5H3,(H,21,24)(H,22,25)(H,23,26)/t15-/m0/s1. The molecule has 27 heavy (non-hydrogen) atoms. The number of para-hydroxylation sites is 1. The molecule has 1 atom stereocenters. The Hall–Kier alpha value is -2.57. The number of carbonyl (C=O) groups is 3. The summed E-state index contributed by atoms with van der Waals surface area (Å²) >= 11 is 0. The lowest BCUT2D eigenvalue weighted by Gasteiger charge is -2.28. The van der Waals surface area contributed by atoms with Crippen molar-refractivity contribution in [2.45, 2.75) is 71.1 Å². The predicted molar refractivity (Wildman–Crippen MR) is 103 cm³/mol. The smallest absolute Gasteiger partial charge is 0.408 e. The third-order valence-corrected chi connectivity index (χ3v) is 4.07. The number of nitrogens with one attached hydrogen (secondary N) is 3. The van der Waals surface area contributed by atoms with Crippen molar-refractivity contribution in [1.29, 1.82) is 0 Å². The van der Waals surface area contributed by atoms with Gasteiger partial charge in [0.05, 0.1) is 0 Å². The fourth-order valence-electron chi connectivity index (χ4n) is 2.92. The van der Waals surface area contributed by atoms with Crippen LogP contribution < -0.4 is 16.0 Å². The van der Waals surface area contributed by atoms with E-state index >= 15 is 0 Å². The molecule has 0 saturated heterocycles. The van der Waals surface area contributed by atoms with Gasteiger partial charge in [-0.05, 0) is 59.1 Å². The Morgan fingerprint density at radius 1 is 1.19 bits per heavy atom. The normalized spacial score (nSPS) is 17.2. The Morgan fingerprint density at radius 2 is 1.85 bits per heavy atom. The number of ether oxygens (including phenoxy) is 1. The first kappa shape index (κ1) is 20.7. The monoisotopic (exact) mass is 375 g/mol. The summed E-state index contributed by atoms with van der Waals surface area (Å²) in [4.78, 5) is 36.8. The van der Waals surface area contributed by atoms with Crippen molar-refractivity contribution in [3.8, 4) is 0 Å². The van der Waals surface area contributed by atoms with Crippen molar-refractivity contribution in [1.82, 2.24) is 10.6 Å². The van der Waals surface area contributed by atoms with E-state index in [9.17, 15) is 14.4 Å². The van der Waals surface area contributed by atoms with Gasteiger partial charge in [-0.1, -0.05) is 18.2 Å². The highest BCUT2D eigenvalue weighted by atomic mass is 16.6. The molecule has 0 aliphatic carbocycles. The highest BCUT2D eigenvalue weighted by Crippen LogP contribution is 2.21. The summed E-state index contributed by atoms with van der Waals surface area (Å²) in [5.74, 6) is -0.534. The van der Waals surface area contributed by atoms with Gasteiger partial charge in [0.2, 0.25) is 11.8 Å². The van der Waals surface area contributed by atoms with Crippen LogP contribution in [0.25, 0.3) is 0 Å². The zero-order valence-electron chi connectivity index (χ0n) is 16.6. The second-order valence-electron chi connectivity index (χ2n) is 8.49. The summed E-state index contributed by atoms with van der Waals surface area (Å²) in [6.45, 7) is 8.79. The first-order chi connectivity index (χ1) is 12.5. The zero-order valence-corrected chi connectivity index (χ0v) is 16.6. The molecule has 0 aromatic heterocycles. The highest BCUT2D eigenvalue weighted by Gasteiger charge is 2.30. The van der Waals surface area contributed by atoms with Gasteiger partial charge in [-0.2, -0.15) is 0 Å². The fraction of sp³-hybridized carbons (Fsp3) is 0.550. The molecule has 1 heterocycles. The average Bonchev–Trinajstić information content (AvgIpc) is 2.63. The zero-order chi connectivity index (χ0) is 20.2. The van der Waals surface area contributed by atoms with Gasteiger partial charge in [0, 0.05) is 17.6 Å². The molecule has 0 unspecified atom stereocenters. The van der Waals surface area contributed by atoms with Crippen LogP contribution >= 0.6 is 0 Å². The van der Waals surface area contributed by atoms with Crippen molar-refractivity contribution in [3.63, 3.8) is 0 Å². The van der Waals surface area contributed by atoms with Crippen LogP contribution in [-0.2, 0) is 20.7 Å². The maximum absolute atomic E-state index is 12.4. The number of aryl methyl sites for hydroxylation is 1. The van der Waals surface area contributed by atoms with Crippen LogP contribution in [-0.4, -0.2) is 35.1 Å². The molecule has 7 heteroatoms. The topological polar surface area (TPSA) is 96.5 Å². The van der Waals surface area contributed by atoms with Gasteiger partial charge in [0.1, 0.15) is 11.6 Å². The van der Waals surface area contributed by atoms with Crippen LogP contribution in [0, 0.1) is 0 Å². The third-order valence-electron chi connectivity index (χ3n) is 4.07. The number of fused-ring (bicyclic) bond motifs is 1. The van der Waals surface area contributed by atoms with Crippen LogP contribution in [0.4, 0.5) is 10.5 Å². The summed E-state index contributed by atoms with van der Waals surface area (Å²) in [6, 6.07) is 7.00.